The van der Waals surface area contributed by atoms with Gasteiger partial charge in [-0.2, -0.15) is 0 Å². The highest BCUT2D eigenvalue weighted by atomic mass is 79.9. The zero-order chi connectivity index (χ0) is 11.5. The molecule has 1 aromatic rings. The minimum Gasteiger partial charge on any atom is -0.314 e. The largest absolute Gasteiger partial charge is 0.314 e. The summed E-state index contributed by atoms with van der Waals surface area (Å²) in [5, 5.41) is 3.39. The quantitative estimate of drug-likeness (QED) is 0.823. The van der Waals surface area contributed by atoms with Crippen LogP contribution in [-0.2, 0) is 6.42 Å². The van der Waals surface area contributed by atoms with Gasteiger partial charge in [0.25, 0.3) is 0 Å². The van der Waals surface area contributed by atoms with Crippen molar-refractivity contribution in [1.82, 2.24) is 5.32 Å². The molecule has 2 rings (SSSR count). The smallest absolute Gasteiger partial charge is 0.172 e. The summed E-state index contributed by atoms with van der Waals surface area (Å²) in [6.45, 7) is 1.02. The Balaban J connectivity index is 2.09. The summed E-state index contributed by atoms with van der Waals surface area (Å²) in [5.74, 6) is -1.58. The minimum absolute atomic E-state index is 0.207. The number of nitrogens with one attached hydrogen (secondary N) is 1. The summed E-state index contributed by atoms with van der Waals surface area (Å²) >= 11 is 3.03. The fourth-order valence-electron chi connectivity index (χ4n) is 2.11. The number of halogens is 3. The third kappa shape index (κ3) is 2.80. The van der Waals surface area contributed by atoms with Crippen molar-refractivity contribution in [3.05, 3.63) is 33.8 Å². The van der Waals surface area contributed by atoms with E-state index >= 15 is 0 Å². The lowest BCUT2D eigenvalue weighted by Gasteiger charge is -2.23. The minimum atomic E-state index is -0.805. The van der Waals surface area contributed by atoms with Gasteiger partial charge in [0.2, 0.25) is 0 Å². The highest BCUT2D eigenvalue weighted by molar-refractivity contribution is 9.10. The molecule has 1 unspecified atom stereocenters. The normalized spacial score (nSPS) is 21.1. The predicted octanol–water partition coefficient (Wildman–Crippen LogP) is 3.41. The summed E-state index contributed by atoms with van der Waals surface area (Å²) in [6, 6.07) is 3.34. The van der Waals surface area contributed by atoms with Crippen molar-refractivity contribution in [2.45, 2.75) is 31.7 Å². The van der Waals surface area contributed by atoms with Crippen molar-refractivity contribution in [3.63, 3.8) is 0 Å². The Hall–Kier alpha value is -0.480. The Morgan fingerprint density at radius 1 is 1.31 bits per heavy atom. The maximum absolute atomic E-state index is 13.2. The van der Waals surface area contributed by atoms with Crippen LogP contribution >= 0.6 is 15.9 Å². The first-order valence-corrected chi connectivity index (χ1v) is 6.33. The van der Waals surface area contributed by atoms with Crippen molar-refractivity contribution in [3.8, 4) is 0 Å². The number of hydrogen-bond acceptors (Lipinski definition) is 1. The van der Waals surface area contributed by atoms with E-state index < -0.39 is 11.6 Å². The van der Waals surface area contributed by atoms with Crippen LogP contribution in [0.1, 0.15) is 24.8 Å². The van der Waals surface area contributed by atoms with Crippen molar-refractivity contribution in [2.24, 2.45) is 0 Å². The molecule has 0 bridgehead atoms. The number of piperidine rings is 1. The molecule has 0 saturated carbocycles. The molecule has 1 nitrogen and oxygen atoms in total. The van der Waals surface area contributed by atoms with Crippen LogP contribution < -0.4 is 5.32 Å². The van der Waals surface area contributed by atoms with Crippen molar-refractivity contribution in [2.75, 3.05) is 6.54 Å². The molecule has 4 heteroatoms. The van der Waals surface area contributed by atoms with Crippen LogP contribution in [0, 0.1) is 11.6 Å². The second-order valence-electron chi connectivity index (χ2n) is 4.22. The molecule has 1 fully saturated rings. The van der Waals surface area contributed by atoms with Gasteiger partial charge < -0.3 is 5.32 Å². The van der Waals surface area contributed by atoms with Gasteiger partial charge in [-0.05, 0) is 59.4 Å². The summed E-state index contributed by atoms with van der Waals surface area (Å²) in [7, 11) is 0. The van der Waals surface area contributed by atoms with E-state index in [0.717, 1.165) is 24.9 Å². The first-order valence-electron chi connectivity index (χ1n) is 5.53. The van der Waals surface area contributed by atoms with Crippen LogP contribution in [0.3, 0.4) is 0 Å². The van der Waals surface area contributed by atoms with E-state index in [1.165, 1.54) is 18.9 Å². The zero-order valence-corrected chi connectivity index (χ0v) is 10.5. The van der Waals surface area contributed by atoms with E-state index in [4.69, 9.17) is 0 Å². The molecule has 1 N–H and O–H groups in total. The highest BCUT2D eigenvalue weighted by Crippen LogP contribution is 2.22. The average Bonchev–Trinajstić information content (AvgIpc) is 2.27. The van der Waals surface area contributed by atoms with Gasteiger partial charge in [-0.3, -0.25) is 0 Å². The SMILES string of the molecule is Fc1cc(CC2CCCCN2)cc(Br)c1F. The highest BCUT2D eigenvalue weighted by Gasteiger charge is 2.15. The molecule has 0 radical (unpaired) electrons. The number of hydrogen-bond donors (Lipinski definition) is 1. The lowest BCUT2D eigenvalue weighted by Crippen LogP contribution is -2.35. The number of rotatable bonds is 2. The van der Waals surface area contributed by atoms with Gasteiger partial charge in [-0.15, -0.1) is 0 Å². The van der Waals surface area contributed by atoms with Gasteiger partial charge in [0.05, 0.1) is 4.47 Å². The lowest BCUT2D eigenvalue weighted by atomic mass is 9.98. The summed E-state index contributed by atoms with van der Waals surface area (Å²) in [4.78, 5) is 0. The summed E-state index contributed by atoms with van der Waals surface area (Å²) < 4.78 is 26.4. The van der Waals surface area contributed by atoms with E-state index in [1.807, 2.05) is 0 Å². The summed E-state index contributed by atoms with van der Waals surface area (Å²) in [5.41, 5.74) is 0.838. The third-order valence-electron chi connectivity index (χ3n) is 2.94. The Kier molecular flexibility index (Phi) is 3.92. The maximum Gasteiger partial charge on any atom is 0.172 e. The molecule has 1 atom stereocenters. The number of benzene rings is 1. The second-order valence-corrected chi connectivity index (χ2v) is 5.08. The molecule has 1 aromatic carbocycles. The van der Waals surface area contributed by atoms with Gasteiger partial charge in [0, 0.05) is 6.04 Å². The van der Waals surface area contributed by atoms with Gasteiger partial charge >= 0.3 is 0 Å². The van der Waals surface area contributed by atoms with Crippen LogP contribution in [0.25, 0.3) is 0 Å². The summed E-state index contributed by atoms with van der Waals surface area (Å²) in [6.07, 6.45) is 4.28. The Bertz CT molecular complexity index is 352. The van der Waals surface area contributed by atoms with Crippen LogP contribution in [0.15, 0.2) is 16.6 Å². The molecule has 0 aromatic heterocycles. The average molecular weight is 290 g/mol. The van der Waals surface area contributed by atoms with E-state index in [2.05, 4.69) is 21.2 Å². The lowest BCUT2D eigenvalue weighted by molar-refractivity contribution is 0.398. The molecular formula is C12H14BrF2N. The van der Waals surface area contributed by atoms with E-state index in [9.17, 15) is 8.78 Å². The van der Waals surface area contributed by atoms with Gasteiger partial charge in [-0.1, -0.05) is 6.42 Å². The van der Waals surface area contributed by atoms with E-state index in [0.29, 0.717) is 6.04 Å². The maximum atomic E-state index is 13.2. The van der Waals surface area contributed by atoms with Crippen LogP contribution in [0.4, 0.5) is 8.78 Å². The third-order valence-corrected chi connectivity index (χ3v) is 3.52. The molecular weight excluding hydrogens is 276 g/mol. The van der Waals surface area contributed by atoms with Crippen molar-refractivity contribution >= 4 is 15.9 Å². The molecule has 0 amide bonds. The molecule has 1 saturated heterocycles. The molecule has 1 aliphatic rings. The molecule has 1 aliphatic heterocycles. The molecule has 0 spiro atoms. The Morgan fingerprint density at radius 3 is 2.75 bits per heavy atom. The molecule has 88 valence electrons. The first kappa shape index (κ1) is 12.0. The zero-order valence-electron chi connectivity index (χ0n) is 8.90. The van der Waals surface area contributed by atoms with E-state index in [-0.39, 0.29) is 4.47 Å². The van der Waals surface area contributed by atoms with Crippen LogP contribution in [-0.4, -0.2) is 12.6 Å². The van der Waals surface area contributed by atoms with Gasteiger partial charge in [0.1, 0.15) is 0 Å². The van der Waals surface area contributed by atoms with Gasteiger partial charge in [-0.25, -0.2) is 8.78 Å². The molecule has 1 heterocycles. The molecule has 0 aliphatic carbocycles. The molecule has 16 heavy (non-hydrogen) atoms. The van der Waals surface area contributed by atoms with Gasteiger partial charge in [0.15, 0.2) is 11.6 Å². The van der Waals surface area contributed by atoms with E-state index in [1.54, 1.807) is 6.07 Å². The van der Waals surface area contributed by atoms with Crippen molar-refractivity contribution < 1.29 is 8.78 Å². The first-order chi connectivity index (χ1) is 7.66. The van der Waals surface area contributed by atoms with Crippen LogP contribution in [0.2, 0.25) is 0 Å². The predicted molar refractivity (Wildman–Crippen MR) is 63.4 cm³/mol. The monoisotopic (exact) mass is 289 g/mol. The van der Waals surface area contributed by atoms with Crippen molar-refractivity contribution in [1.29, 1.82) is 0 Å². The standard InChI is InChI=1S/C12H14BrF2N/c13-10-6-8(7-11(14)12(10)15)5-9-3-1-2-4-16-9/h6-7,9,16H,1-5H2. The Morgan fingerprint density at radius 2 is 2.12 bits per heavy atom. The Labute approximate surface area is 102 Å². The topological polar surface area (TPSA) is 12.0 Å². The second kappa shape index (κ2) is 5.23. The van der Waals surface area contributed by atoms with Crippen LogP contribution in [0.5, 0.6) is 0 Å². The fraction of sp³-hybridized carbons (Fsp3) is 0.500. The fourth-order valence-corrected chi connectivity index (χ4v) is 2.59.